The molecule has 6 nitrogen and oxygen atoms in total. The maximum absolute atomic E-state index is 13.9. The zero-order valence-corrected chi connectivity index (χ0v) is 12.6. The summed E-state index contributed by atoms with van der Waals surface area (Å²) < 4.78 is 13.9. The number of nitriles is 1. The molecule has 2 aromatic heterocycles. The summed E-state index contributed by atoms with van der Waals surface area (Å²) >= 11 is 0. The fraction of sp³-hybridized carbons (Fsp3) is 0.312. The summed E-state index contributed by atoms with van der Waals surface area (Å²) in [5.74, 6) is 0.384. The molecule has 0 saturated carbocycles. The average Bonchev–Trinajstić information content (AvgIpc) is 2.60. The molecule has 0 atom stereocenters. The molecule has 0 amide bonds. The van der Waals surface area contributed by atoms with E-state index in [0.717, 1.165) is 32.0 Å². The minimum Gasteiger partial charge on any atom is -0.381 e. The molecule has 3 heterocycles. The predicted octanol–water partition coefficient (Wildman–Crippen LogP) is 1.39. The van der Waals surface area contributed by atoms with Crippen LogP contribution in [0.2, 0.25) is 0 Å². The smallest absolute Gasteiger partial charge is 0.169 e. The van der Waals surface area contributed by atoms with Gasteiger partial charge in [0.2, 0.25) is 0 Å². The van der Waals surface area contributed by atoms with E-state index in [1.54, 1.807) is 18.3 Å². The maximum atomic E-state index is 13.9. The van der Waals surface area contributed by atoms with Crippen LogP contribution in [0.15, 0.2) is 30.6 Å². The van der Waals surface area contributed by atoms with Crippen LogP contribution in [-0.4, -0.2) is 41.0 Å². The number of aromatic nitrogens is 2. The summed E-state index contributed by atoms with van der Waals surface area (Å²) in [7, 11) is 0. The number of rotatable bonds is 3. The number of nitrogens with zero attached hydrogens (tertiary/aromatic N) is 5. The van der Waals surface area contributed by atoms with Crippen LogP contribution < -0.4 is 10.6 Å². The highest BCUT2D eigenvalue weighted by atomic mass is 19.1. The molecule has 0 aliphatic carbocycles. The minimum atomic E-state index is -0.427. The van der Waals surface area contributed by atoms with Gasteiger partial charge in [-0.3, -0.25) is 4.90 Å². The zero-order chi connectivity index (χ0) is 16.2. The van der Waals surface area contributed by atoms with Crippen LogP contribution in [0.3, 0.4) is 0 Å². The lowest BCUT2D eigenvalue weighted by Gasteiger charge is -2.35. The van der Waals surface area contributed by atoms with Gasteiger partial charge in [-0.15, -0.1) is 0 Å². The largest absolute Gasteiger partial charge is 0.381 e. The Kier molecular flexibility index (Phi) is 4.35. The fourth-order valence-electron chi connectivity index (χ4n) is 2.64. The van der Waals surface area contributed by atoms with Crippen LogP contribution >= 0.6 is 0 Å². The lowest BCUT2D eigenvalue weighted by atomic mass is 10.2. The highest BCUT2D eigenvalue weighted by Gasteiger charge is 2.19. The predicted molar refractivity (Wildman–Crippen MR) is 85.0 cm³/mol. The topological polar surface area (TPSA) is 82.1 Å². The van der Waals surface area contributed by atoms with E-state index in [4.69, 9.17) is 11.0 Å². The highest BCUT2D eigenvalue weighted by molar-refractivity contribution is 5.42. The number of hydrogen-bond acceptors (Lipinski definition) is 6. The second kappa shape index (κ2) is 6.58. The SMILES string of the molecule is N#Cc1ccc(N2CCN(Cc3ccnc(N)c3F)CC2)nc1. The Bertz CT molecular complexity index is 716. The van der Waals surface area contributed by atoms with Crippen molar-refractivity contribution in [2.75, 3.05) is 36.8 Å². The summed E-state index contributed by atoms with van der Waals surface area (Å²) in [5, 5.41) is 8.80. The van der Waals surface area contributed by atoms with Crippen molar-refractivity contribution in [3.05, 3.63) is 47.5 Å². The Labute approximate surface area is 134 Å². The molecule has 0 aromatic carbocycles. The second-order valence-corrected chi connectivity index (χ2v) is 5.45. The van der Waals surface area contributed by atoms with E-state index >= 15 is 0 Å². The summed E-state index contributed by atoms with van der Waals surface area (Å²) in [6, 6.07) is 7.35. The van der Waals surface area contributed by atoms with Crippen molar-refractivity contribution in [3.8, 4) is 6.07 Å². The van der Waals surface area contributed by atoms with E-state index in [-0.39, 0.29) is 5.82 Å². The fourth-order valence-corrected chi connectivity index (χ4v) is 2.64. The van der Waals surface area contributed by atoms with Gasteiger partial charge < -0.3 is 10.6 Å². The van der Waals surface area contributed by atoms with Crippen LogP contribution in [0.4, 0.5) is 16.0 Å². The van der Waals surface area contributed by atoms with Gasteiger partial charge in [-0.1, -0.05) is 0 Å². The quantitative estimate of drug-likeness (QED) is 0.922. The second-order valence-electron chi connectivity index (χ2n) is 5.45. The van der Waals surface area contributed by atoms with Crippen molar-refractivity contribution in [2.45, 2.75) is 6.54 Å². The molecule has 118 valence electrons. The highest BCUT2D eigenvalue weighted by Crippen LogP contribution is 2.18. The first-order valence-electron chi connectivity index (χ1n) is 7.39. The van der Waals surface area contributed by atoms with Crippen molar-refractivity contribution in [1.82, 2.24) is 14.9 Å². The summed E-state index contributed by atoms with van der Waals surface area (Å²) in [6.07, 6.45) is 3.11. The van der Waals surface area contributed by atoms with Crippen LogP contribution in [0.25, 0.3) is 0 Å². The van der Waals surface area contributed by atoms with Crippen LogP contribution in [-0.2, 0) is 6.54 Å². The number of halogens is 1. The third-order valence-electron chi connectivity index (χ3n) is 3.96. The minimum absolute atomic E-state index is 0.0529. The normalized spacial score (nSPS) is 15.4. The molecule has 1 aliphatic rings. The maximum Gasteiger partial charge on any atom is 0.169 e. The van der Waals surface area contributed by atoms with Crippen LogP contribution in [0, 0.1) is 17.1 Å². The van der Waals surface area contributed by atoms with E-state index in [1.165, 1.54) is 6.20 Å². The number of nitrogens with two attached hydrogens (primary N) is 1. The van der Waals surface area contributed by atoms with E-state index < -0.39 is 5.82 Å². The van der Waals surface area contributed by atoms with Gasteiger partial charge in [-0.05, 0) is 18.2 Å². The number of nitrogen functional groups attached to an aromatic ring is 1. The van der Waals surface area contributed by atoms with Crippen molar-refractivity contribution in [2.24, 2.45) is 0 Å². The van der Waals surface area contributed by atoms with E-state index in [0.29, 0.717) is 17.7 Å². The first kappa shape index (κ1) is 15.2. The Morgan fingerprint density at radius 3 is 2.61 bits per heavy atom. The van der Waals surface area contributed by atoms with Gasteiger partial charge in [0.15, 0.2) is 11.6 Å². The third kappa shape index (κ3) is 3.38. The molecule has 0 radical (unpaired) electrons. The summed E-state index contributed by atoms with van der Waals surface area (Å²) in [4.78, 5) is 12.4. The standard InChI is InChI=1S/C16H17FN6/c17-15-13(3-4-20-16(15)19)11-22-5-7-23(8-6-22)14-2-1-12(9-18)10-21-14/h1-4,10H,5-8,11H2,(H2,19,20). The molecule has 7 heteroatoms. The molecule has 1 aliphatic heterocycles. The Balaban J connectivity index is 1.60. The summed E-state index contributed by atoms with van der Waals surface area (Å²) in [5.41, 5.74) is 6.63. The average molecular weight is 312 g/mol. The first-order chi connectivity index (χ1) is 11.2. The Hall–Kier alpha value is -2.72. The van der Waals surface area contributed by atoms with Gasteiger partial charge in [-0.2, -0.15) is 5.26 Å². The van der Waals surface area contributed by atoms with Crippen molar-refractivity contribution < 1.29 is 4.39 Å². The van der Waals surface area contributed by atoms with Gasteiger partial charge in [0.25, 0.3) is 0 Å². The van der Waals surface area contributed by atoms with Gasteiger partial charge in [0, 0.05) is 50.7 Å². The Morgan fingerprint density at radius 2 is 1.96 bits per heavy atom. The molecular formula is C16H17FN6. The molecule has 2 N–H and O–H groups in total. The molecule has 3 rings (SSSR count). The third-order valence-corrected chi connectivity index (χ3v) is 3.96. The van der Waals surface area contributed by atoms with E-state index in [9.17, 15) is 4.39 Å². The monoisotopic (exact) mass is 312 g/mol. The summed E-state index contributed by atoms with van der Waals surface area (Å²) in [6.45, 7) is 3.75. The molecule has 23 heavy (non-hydrogen) atoms. The molecular weight excluding hydrogens is 295 g/mol. The van der Waals surface area contributed by atoms with E-state index in [1.807, 2.05) is 6.07 Å². The number of pyridine rings is 2. The van der Waals surface area contributed by atoms with Crippen LogP contribution in [0.1, 0.15) is 11.1 Å². The molecule has 2 aromatic rings. The lowest BCUT2D eigenvalue weighted by Crippen LogP contribution is -2.46. The van der Waals surface area contributed by atoms with Gasteiger partial charge in [0.05, 0.1) is 5.56 Å². The molecule has 0 spiro atoms. The number of anilines is 2. The van der Waals surface area contributed by atoms with Crippen LogP contribution in [0.5, 0.6) is 0 Å². The van der Waals surface area contributed by atoms with Crippen molar-refractivity contribution >= 4 is 11.6 Å². The van der Waals surface area contributed by atoms with Crippen molar-refractivity contribution in [3.63, 3.8) is 0 Å². The van der Waals surface area contributed by atoms with Gasteiger partial charge in [0.1, 0.15) is 11.9 Å². The molecule has 0 bridgehead atoms. The molecule has 0 unspecified atom stereocenters. The number of hydrogen-bond donors (Lipinski definition) is 1. The van der Waals surface area contributed by atoms with E-state index in [2.05, 4.69) is 25.8 Å². The zero-order valence-electron chi connectivity index (χ0n) is 12.6. The van der Waals surface area contributed by atoms with Gasteiger partial charge in [-0.25, -0.2) is 14.4 Å². The van der Waals surface area contributed by atoms with Crippen molar-refractivity contribution in [1.29, 1.82) is 5.26 Å². The lowest BCUT2D eigenvalue weighted by molar-refractivity contribution is 0.246. The van der Waals surface area contributed by atoms with Gasteiger partial charge >= 0.3 is 0 Å². The number of piperazine rings is 1. The first-order valence-corrected chi connectivity index (χ1v) is 7.39. The molecule has 1 fully saturated rings. The Morgan fingerprint density at radius 1 is 1.17 bits per heavy atom. The molecule has 1 saturated heterocycles.